The van der Waals surface area contributed by atoms with Gasteiger partial charge in [-0.25, -0.2) is 4.79 Å². The maximum Gasteiger partial charge on any atom is 0.319 e. The molecule has 76 valence electrons. The molecule has 0 aromatic heterocycles. The summed E-state index contributed by atoms with van der Waals surface area (Å²) in [6, 6.07) is 0.456. The maximum absolute atomic E-state index is 11.7. The molecule has 0 radical (unpaired) electrons. The van der Waals surface area contributed by atoms with Crippen LogP contribution in [0.4, 0.5) is 4.79 Å². The molecule has 0 aromatic carbocycles. The van der Waals surface area contributed by atoms with Crippen LogP contribution in [0.5, 0.6) is 0 Å². The third-order valence-corrected chi connectivity index (χ3v) is 2.40. The van der Waals surface area contributed by atoms with E-state index in [-0.39, 0.29) is 6.03 Å². The lowest BCUT2D eigenvalue weighted by Crippen LogP contribution is -2.44. The number of amides is 2. The molecule has 13 heavy (non-hydrogen) atoms. The summed E-state index contributed by atoms with van der Waals surface area (Å²) in [5.41, 5.74) is 0. The molecule has 0 unspecified atom stereocenters. The van der Waals surface area contributed by atoms with E-state index in [9.17, 15) is 4.79 Å². The molecule has 3 heteroatoms. The third kappa shape index (κ3) is 2.90. The predicted molar refractivity (Wildman–Crippen MR) is 53.6 cm³/mol. The molecular formula is C10H20N2O. The number of carbonyl (C=O) groups excluding carboxylic acids is 1. The standard InChI is InChI=1S/C10H20N2O/c1-8(2)12(7-9-5-6-9)10(13)11(3)4/h8-9H,5-7H2,1-4H3. The molecule has 0 aliphatic heterocycles. The zero-order valence-electron chi connectivity index (χ0n) is 9.08. The van der Waals surface area contributed by atoms with Crippen LogP contribution in [0.25, 0.3) is 0 Å². The summed E-state index contributed by atoms with van der Waals surface area (Å²) < 4.78 is 0. The lowest BCUT2D eigenvalue weighted by atomic mass is 10.3. The molecule has 0 saturated heterocycles. The van der Waals surface area contributed by atoms with Crippen LogP contribution in [0, 0.1) is 5.92 Å². The van der Waals surface area contributed by atoms with Gasteiger partial charge in [0.2, 0.25) is 0 Å². The van der Waals surface area contributed by atoms with E-state index in [0.29, 0.717) is 6.04 Å². The average Bonchev–Trinajstić information content (AvgIpc) is 2.81. The summed E-state index contributed by atoms with van der Waals surface area (Å²) >= 11 is 0. The molecule has 0 aromatic rings. The van der Waals surface area contributed by atoms with Gasteiger partial charge in [-0.15, -0.1) is 0 Å². The minimum absolute atomic E-state index is 0.141. The van der Waals surface area contributed by atoms with Crippen LogP contribution in [-0.2, 0) is 0 Å². The Kier molecular flexibility index (Phi) is 3.17. The van der Waals surface area contributed by atoms with E-state index in [1.807, 2.05) is 19.0 Å². The van der Waals surface area contributed by atoms with Gasteiger partial charge in [-0.1, -0.05) is 0 Å². The Morgan fingerprint density at radius 1 is 1.38 bits per heavy atom. The Labute approximate surface area is 80.7 Å². The summed E-state index contributed by atoms with van der Waals surface area (Å²) in [7, 11) is 3.62. The molecule has 0 bridgehead atoms. The van der Waals surface area contributed by atoms with E-state index < -0.39 is 0 Å². The van der Waals surface area contributed by atoms with E-state index in [4.69, 9.17) is 0 Å². The van der Waals surface area contributed by atoms with Crippen molar-refractivity contribution in [2.45, 2.75) is 32.7 Å². The smallest absolute Gasteiger partial charge is 0.319 e. The van der Waals surface area contributed by atoms with E-state index in [1.54, 1.807) is 4.90 Å². The molecule has 1 saturated carbocycles. The summed E-state index contributed by atoms with van der Waals surface area (Å²) in [4.78, 5) is 15.3. The van der Waals surface area contributed by atoms with Crippen molar-refractivity contribution in [3.05, 3.63) is 0 Å². The zero-order valence-corrected chi connectivity index (χ0v) is 9.08. The molecule has 1 aliphatic rings. The number of nitrogens with zero attached hydrogens (tertiary/aromatic N) is 2. The van der Waals surface area contributed by atoms with Crippen molar-refractivity contribution >= 4 is 6.03 Å². The van der Waals surface area contributed by atoms with Gasteiger partial charge >= 0.3 is 6.03 Å². The van der Waals surface area contributed by atoms with Gasteiger partial charge in [0.15, 0.2) is 0 Å². The first kappa shape index (κ1) is 10.4. The second-order valence-corrected chi connectivity index (χ2v) is 4.37. The van der Waals surface area contributed by atoms with E-state index in [1.165, 1.54) is 12.8 Å². The topological polar surface area (TPSA) is 23.6 Å². The SMILES string of the molecule is CC(C)N(CC1CC1)C(=O)N(C)C. The van der Waals surface area contributed by atoms with Crippen molar-refractivity contribution in [3.63, 3.8) is 0 Å². The molecule has 0 heterocycles. The van der Waals surface area contributed by atoms with Crippen LogP contribution in [0.1, 0.15) is 26.7 Å². The molecule has 0 spiro atoms. The summed E-state index contributed by atoms with van der Waals surface area (Å²) in [5.74, 6) is 0.770. The first-order valence-electron chi connectivity index (χ1n) is 5.00. The zero-order chi connectivity index (χ0) is 10.0. The monoisotopic (exact) mass is 184 g/mol. The third-order valence-electron chi connectivity index (χ3n) is 2.40. The largest absolute Gasteiger partial charge is 0.331 e. The van der Waals surface area contributed by atoms with Crippen LogP contribution < -0.4 is 0 Å². The fourth-order valence-electron chi connectivity index (χ4n) is 1.35. The minimum atomic E-state index is 0.141. The van der Waals surface area contributed by atoms with Gasteiger partial charge < -0.3 is 9.80 Å². The van der Waals surface area contributed by atoms with Gasteiger partial charge in [0.05, 0.1) is 0 Å². The fraction of sp³-hybridized carbons (Fsp3) is 0.900. The molecule has 1 aliphatic carbocycles. The number of urea groups is 1. The quantitative estimate of drug-likeness (QED) is 0.656. The van der Waals surface area contributed by atoms with Crippen LogP contribution in [0.2, 0.25) is 0 Å². The number of hydrogen-bond acceptors (Lipinski definition) is 1. The predicted octanol–water partition coefficient (Wildman–Crippen LogP) is 1.79. The van der Waals surface area contributed by atoms with Crippen molar-refractivity contribution in [3.8, 4) is 0 Å². The Morgan fingerprint density at radius 2 is 1.92 bits per heavy atom. The Balaban J connectivity index is 2.49. The normalized spacial score (nSPS) is 16.1. The first-order chi connectivity index (χ1) is 6.02. The van der Waals surface area contributed by atoms with Crippen molar-refractivity contribution in [2.24, 2.45) is 5.92 Å². The molecule has 1 rings (SSSR count). The first-order valence-corrected chi connectivity index (χ1v) is 5.00. The molecular weight excluding hydrogens is 164 g/mol. The highest BCUT2D eigenvalue weighted by molar-refractivity contribution is 5.74. The minimum Gasteiger partial charge on any atom is -0.331 e. The number of carbonyl (C=O) groups is 1. The highest BCUT2D eigenvalue weighted by Crippen LogP contribution is 2.30. The van der Waals surface area contributed by atoms with Crippen molar-refractivity contribution in [1.29, 1.82) is 0 Å². The molecule has 0 atom stereocenters. The summed E-state index contributed by atoms with van der Waals surface area (Å²) in [5, 5.41) is 0. The van der Waals surface area contributed by atoms with E-state index in [0.717, 1.165) is 12.5 Å². The van der Waals surface area contributed by atoms with Gasteiger partial charge in [0, 0.05) is 26.7 Å². The van der Waals surface area contributed by atoms with E-state index >= 15 is 0 Å². The maximum atomic E-state index is 11.7. The summed E-state index contributed by atoms with van der Waals surface area (Å²) in [6.45, 7) is 5.09. The summed E-state index contributed by atoms with van der Waals surface area (Å²) in [6.07, 6.45) is 2.59. The second kappa shape index (κ2) is 3.99. The molecule has 1 fully saturated rings. The van der Waals surface area contributed by atoms with Gasteiger partial charge in [0.25, 0.3) is 0 Å². The lowest BCUT2D eigenvalue weighted by Gasteiger charge is -2.29. The van der Waals surface area contributed by atoms with Crippen LogP contribution >= 0.6 is 0 Å². The van der Waals surface area contributed by atoms with Crippen molar-refractivity contribution in [2.75, 3.05) is 20.6 Å². The van der Waals surface area contributed by atoms with Gasteiger partial charge in [0.1, 0.15) is 0 Å². The Morgan fingerprint density at radius 3 is 2.23 bits per heavy atom. The Bertz CT molecular complexity index is 185. The van der Waals surface area contributed by atoms with Crippen molar-refractivity contribution in [1.82, 2.24) is 9.80 Å². The van der Waals surface area contributed by atoms with Crippen molar-refractivity contribution < 1.29 is 4.79 Å². The lowest BCUT2D eigenvalue weighted by molar-refractivity contribution is 0.154. The van der Waals surface area contributed by atoms with E-state index in [2.05, 4.69) is 13.8 Å². The highest BCUT2D eigenvalue weighted by atomic mass is 16.2. The van der Waals surface area contributed by atoms with Gasteiger partial charge in [-0.05, 0) is 32.6 Å². The highest BCUT2D eigenvalue weighted by Gasteiger charge is 2.28. The van der Waals surface area contributed by atoms with Crippen LogP contribution in [-0.4, -0.2) is 42.5 Å². The Hall–Kier alpha value is -0.730. The van der Waals surface area contributed by atoms with Crippen LogP contribution in [0.15, 0.2) is 0 Å². The number of rotatable bonds is 3. The molecule has 3 nitrogen and oxygen atoms in total. The molecule has 0 N–H and O–H groups in total. The van der Waals surface area contributed by atoms with Gasteiger partial charge in [-0.3, -0.25) is 0 Å². The van der Waals surface area contributed by atoms with Crippen LogP contribution in [0.3, 0.4) is 0 Å². The number of hydrogen-bond donors (Lipinski definition) is 0. The fourth-order valence-corrected chi connectivity index (χ4v) is 1.35. The molecule has 2 amide bonds. The van der Waals surface area contributed by atoms with Gasteiger partial charge in [-0.2, -0.15) is 0 Å². The average molecular weight is 184 g/mol. The second-order valence-electron chi connectivity index (χ2n) is 4.37.